The molecule has 92 valence electrons. The number of carbonyl (C=O) groups excluding carboxylic acids is 1. The smallest absolute Gasteiger partial charge is 0.251 e. The van der Waals surface area contributed by atoms with E-state index < -0.39 is 0 Å². The molecule has 0 aromatic heterocycles. The maximum Gasteiger partial charge on any atom is 0.251 e. The summed E-state index contributed by atoms with van der Waals surface area (Å²) < 4.78 is 0. The van der Waals surface area contributed by atoms with Crippen LogP contribution in [-0.2, 0) is 6.54 Å². The van der Waals surface area contributed by atoms with Crippen LogP contribution in [0.1, 0.15) is 42.1 Å². The maximum atomic E-state index is 11.9. The molecule has 0 heterocycles. The van der Waals surface area contributed by atoms with E-state index >= 15 is 0 Å². The lowest BCUT2D eigenvalue weighted by Crippen LogP contribution is -2.29. The van der Waals surface area contributed by atoms with Gasteiger partial charge in [-0.15, -0.1) is 0 Å². The second-order valence-electron chi connectivity index (χ2n) is 4.94. The molecular weight excluding hydrogens is 212 g/mol. The molecule has 3 heteroatoms. The summed E-state index contributed by atoms with van der Waals surface area (Å²) in [6.07, 6.45) is 3.64. The minimum Gasteiger partial charge on any atom is -0.351 e. The van der Waals surface area contributed by atoms with Crippen LogP contribution in [0.2, 0.25) is 0 Å². The Morgan fingerprint density at radius 2 is 2.00 bits per heavy atom. The first kappa shape index (κ1) is 12.1. The number of carbonyl (C=O) groups is 1. The molecule has 0 aliphatic heterocycles. The summed E-state index contributed by atoms with van der Waals surface area (Å²) in [7, 11) is 0. The zero-order valence-corrected chi connectivity index (χ0v) is 10.3. The standard InChI is InChI=1S/C14H20N2O/c1-2-14(7-8-14)10-16-13(17)12-5-3-11(9-15)4-6-12/h3-6H,2,7-10,15H2,1H3,(H,16,17). The molecule has 1 fully saturated rings. The lowest BCUT2D eigenvalue weighted by Gasteiger charge is -2.13. The second-order valence-corrected chi connectivity index (χ2v) is 4.94. The number of hydrogen-bond donors (Lipinski definition) is 2. The third kappa shape index (κ3) is 2.86. The van der Waals surface area contributed by atoms with E-state index in [2.05, 4.69) is 12.2 Å². The molecule has 17 heavy (non-hydrogen) atoms. The molecule has 2 rings (SSSR count). The van der Waals surface area contributed by atoms with Gasteiger partial charge in [0.15, 0.2) is 0 Å². The Labute approximate surface area is 102 Å². The van der Waals surface area contributed by atoms with Crippen LogP contribution in [0.3, 0.4) is 0 Å². The fourth-order valence-corrected chi connectivity index (χ4v) is 1.99. The maximum absolute atomic E-state index is 11.9. The molecule has 0 saturated heterocycles. The van der Waals surface area contributed by atoms with E-state index in [0.717, 1.165) is 18.5 Å². The SMILES string of the molecule is CCC1(CNC(=O)c2ccc(CN)cc2)CC1. The Morgan fingerprint density at radius 1 is 1.35 bits per heavy atom. The predicted octanol–water partition coefficient (Wildman–Crippen LogP) is 2.07. The molecule has 1 aromatic rings. The van der Waals surface area contributed by atoms with Crippen molar-refractivity contribution in [1.29, 1.82) is 0 Å². The molecule has 0 spiro atoms. The van der Waals surface area contributed by atoms with Gasteiger partial charge in [0.05, 0.1) is 0 Å². The van der Waals surface area contributed by atoms with Gasteiger partial charge in [-0.25, -0.2) is 0 Å². The van der Waals surface area contributed by atoms with E-state index in [1.807, 2.05) is 24.3 Å². The number of nitrogens with one attached hydrogen (secondary N) is 1. The van der Waals surface area contributed by atoms with Gasteiger partial charge >= 0.3 is 0 Å². The molecule has 1 saturated carbocycles. The lowest BCUT2D eigenvalue weighted by molar-refractivity contribution is 0.0944. The number of rotatable bonds is 5. The van der Waals surface area contributed by atoms with Gasteiger partial charge in [0, 0.05) is 18.7 Å². The molecule has 3 N–H and O–H groups in total. The zero-order valence-electron chi connectivity index (χ0n) is 10.3. The molecule has 1 aliphatic carbocycles. The Balaban J connectivity index is 1.90. The van der Waals surface area contributed by atoms with Crippen molar-refractivity contribution in [2.45, 2.75) is 32.7 Å². The van der Waals surface area contributed by atoms with E-state index in [0.29, 0.717) is 17.5 Å². The Bertz CT molecular complexity index is 393. The van der Waals surface area contributed by atoms with Gasteiger partial charge in [-0.1, -0.05) is 19.1 Å². The van der Waals surface area contributed by atoms with Gasteiger partial charge in [-0.3, -0.25) is 4.79 Å². The first-order valence-electron chi connectivity index (χ1n) is 6.26. The normalized spacial score (nSPS) is 16.6. The molecule has 1 amide bonds. The van der Waals surface area contributed by atoms with Crippen molar-refractivity contribution in [3.05, 3.63) is 35.4 Å². The number of nitrogens with two attached hydrogens (primary N) is 1. The van der Waals surface area contributed by atoms with E-state index in [-0.39, 0.29) is 5.91 Å². The summed E-state index contributed by atoms with van der Waals surface area (Å²) in [4.78, 5) is 11.9. The van der Waals surface area contributed by atoms with Crippen LogP contribution in [0.25, 0.3) is 0 Å². The van der Waals surface area contributed by atoms with Gasteiger partial charge in [-0.05, 0) is 42.4 Å². The van der Waals surface area contributed by atoms with Crippen LogP contribution in [0.4, 0.5) is 0 Å². The van der Waals surface area contributed by atoms with E-state index in [1.54, 1.807) is 0 Å². The summed E-state index contributed by atoms with van der Waals surface area (Å²) in [5.74, 6) is 0.0216. The fourth-order valence-electron chi connectivity index (χ4n) is 1.99. The fraction of sp³-hybridized carbons (Fsp3) is 0.500. The Kier molecular flexibility index (Phi) is 3.48. The molecule has 0 atom stereocenters. The molecule has 3 nitrogen and oxygen atoms in total. The number of amides is 1. The van der Waals surface area contributed by atoms with Crippen LogP contribution in [0, 0.1) is 5.41 Å². The Hall–Kier alpha value is -1.35. The van der Waals surface area contributed by atoms with Gasteiger partial charge < -0.3 is 11.1 Å². The average molecular weight is 232 g/mol. The lowest BCUT2D eigenvalue weighted by atomic mass is 10.0. The molecule has 0 unspecified atom stereocenters. The minimum absolute atomic E-state index is 0.0216. The van der Waals surface area contributed by atoms with Crippen LogP contribution >= 0.6 is 0 Å². The zero-order chi connectivity index (χ0) is 12.3. The van der Waals surface area contributed by atoms with E-state index in [9.17, 15) is 4.79 Å². The number of hydrogen-bond acceptors (Lipinski definition) is 2. The van der Waals surface area contributed by atoms with Crippen molar-refractivity contribution in [2.24, 2.45) is 11.1 Å². The largest absolute Gasteiger partial charge is 0.351 e. The summed E-state index contributed by atoms with van der Waals surface area (Å²) in [6.45, 7) is 3.51. The van der Waals surface area contributed by atoms with Crippen LogP contribution < -0.4 is 11.1 Å². The minimum atomic E-state index is 0.0216. The average Bonchev–Trinajstić information content (AvgIpc) is 3.17. The summed E-state index contributed by atoms with van der Waals surface area (Å²) in [6, 6.07) is 7.48. The second kappa shape index (κ2) is 4.88. The third-order valence-corrected chi connectivity index (χ3v) is 3.78. The van der Waals surface area contributed by atoms with Crippen LogP contribution in [0.15, 0.2) is 24.3 Å². The first-order chi connectivity index (χ1) is 8.19. The molecule has 0 radical (unpaired) electrons. The summed E-state index contributed by atoms with van der Waals surface area (Å²) in [5, 5.41) is 3.02. The van der Waals surface area contributed by atoms with Crippen molar-refractivity contribution in [2.75, 3.05) is 6.54 Å². The molecule has 0 bridgehead atoms. The predicted molar refractivity (Wildman–Crippen MR) is 68.6 cm³/mol. The molecule has 1 aromatic carbocycles. The summed E-state index contributed by atoms with van der Waals surface area (Å²) >= 11 is 0. The van der Waals surface area contributed by atoms with Crippen LogP contribution in [0.5, 0.6) is 0 Å². The van der Waals surface area contributed by atoms with Gasteiger partial charge in [-0.2, -0.15) is 0 Å². The quantitative estimate of drug-likeness (QED) is 0.816. The summed E-state index contributed by atoms with van der Waals surface area (Å²) in [5.41, 5.74) is 7.68. The highest BCUT2D eigenvalue weighted by Gasteiger charge is 2.40. The highest BCUT2D eigenvalue weighted by molar-refractivity contribution is 5.94. The van der Waals surface area contributed by atoms with Crippen molar-refractivity contribution in [3.8, 4) is 0 Å². The van der Waals surface area contributed by atoms with Crippen molar-refractivity contribution >= 4 is 5.91 Å². The van der Waals surface area contributed by atoms with E-state index in [4.69, 9.17) is 5.73 Å². The highest BCUT2D eigenvalue weighted by atomic mass is 16.1. The first-order valence-corrected chi connectivity index (χ1v) is 6.26. The highest BCUT2D eigenvalue weighted by Crippen LogP contribution is 2.47. The van der Waals surface area contributed by atoms with Crippen molar-refractivity contribution in [3.63, 3.8) is 0 Å². The monoisotopic (exact) mass is 232 g/mol. The van der Waals surface area contributed by atoms with Gasteiger partial charge in [0.25, 0.3) is 5.91 Å². The molecule has 1 aliphatic rings. The molecular formula is C14H20N2O. The van der Waals surface area contributed by atoms with Crippen LogP contribution in [-0.4, -0.2) is 12.5 Å². The van der Waals surface area contributed by atoms with Crippen molar-refractivity contribution < 1.29 is 4.79 Å². The number of benzene rings is 1. The topological polar surface area (TPSA) is 55.1 Å². The van der Waals surface area contributed by atoms with E-state index in [1.165, 1.54) is 12.8 Å². The Morgan fingerprint density at radius 3 is 2.47 bits per heavy atom. The third-order valence-electron chi connectivity index (χ3n) is 3.78. The van der Waals surface area contributed by atoms with Gasteiger partial charge in [0.2, 0.25) is 0 Å². The van der Waals surface area contributed by atoms with Crippen molar-refractivity contribution in [1.82, 2.24) is 5.32 Å². The van der Waals surface area contributed by atoms with Gasteiger partial charge in [0.1, 0.15) is 0 Å².